The van der Waals surface area contributed by atoms with E-state index in [1.807, 2.05) is 36.1 Å². The molecule has 8 nitrogen and oxygen atoms in total. The lowest BCUT2D eigenvalue weighted by atomic mass is 9.95. The van der Waals surface area contributed by atoms with Crippen LogP contribution in [0.25, 0.3) is 10.8 Å². The predicted molar refractivity (Wildman–Crippen MR) is 134 cm³/mol. The summed E-state index contributed by atoms with van der Waals surface area (Å²) >= 11 is 0. The number of nitrogens with zero attached hydrogens (tertiary/aromatic N) is 4. The van der Waals surface area contributed by atoms with Gasteiger partial charge in [-0.15, -0.1) is 0 Å². The fourth-order valence-electron chi connectivity index (χ4n) is 5.50. The van der Waals surface area contributed by atoms with Crippen molar-refractivity contribution in [3.05, 3.63) is 60.3 Å². The van der Waals surface area contributed by atoms with Crippen LogP contribution in [0.3, 0.4) is 0 Å². The topological polar surface area (TPSA) is 90.8 Å². The maximum Gasteiger partial charge on any atom is 0.229 e. The Hall–Kier alpha value is -3.14. The Morgan fingerprint density at radius 3 is 2.72 bits per heavy atom. The van der Waals surface area contributed by atoms with Crippen LogP contribution >= 0.6 is 0 Å². The Morgan fingerprint density at radius 1 is 1.17 bits per heavy atom. The van der Waals surface area contributed by atoms with E-state index in [-0.39, 0.29) is 23.6 Å². The van der Waals surface area contributed by atoms with Gasteiger partial charge in [0.15, 0.2) is 0 Å². The van der Waals surface area contributed by atoms with E-state index in [1.54, 1.807) is 18.5 Å². The molecule has 188 valence electrons. The molecule has 0 unspecified atom stereocenters. The van der Waals surface area contributed by atoms with Gasteiger partial charge in [-0.2, -0.15) is 0 Å². The van der Waals surface area contributed by atoms with Crippen molar-refractivity contribution >= 4 is 28.2 Å². The summed E-state index contributed by atoms with van der Waals surface area (Å²) in [6, 6.07) is 10.9. The lowest BCUT2D eigenvalue weighted by Crippen LogP contribution is -2.60. The van der Waals surface area contributed by atoms with E-state index in [0.717, 1.165) is 17.5 Å². The Bertz CT molecular complexity index is 1280. The predicted octanol–water partition coefficient (Wildman–Crippen LogP) is 2.78. The summed E-state index contributed by atoms with van der Waals surface area (Å²) in [6.45, 7) is 5.61. The quantitative estimate of drug-likeness (QED) is 0.567. The average molecular weight is 492 g/mol. The van der Waals surface area contributed by atoms with Crippen molar-refractivity contribution in [2.75, 3.05) is 49.6 Å². The molecule has 1 saturated carbocycles. The van der Waals surface area contributed by atoms with Gasteiger partial charge in [0.2, 0.25) is 5.91 Å². The normalized spacial score (nSPS) is 28.4. The van der Waals surface area contributed by atoms with E-state index in [2.05, 4.69) is 20.2 Å². The van der Waals surface area contributed by atoms with Gasteiger partial charge in [-0.1, -0.05) is 6.07 Å². The Labute approximate surface area is 209 Å². The number of halogens is 1. The minimum absolute atomic E-state index is 0.0671. The molecule has 1 aromatic carbocycles. The van der Waals surface area contributed by atoms with Crippen molar-refractivity contribution < 1.29 is 19.0 Å². The zero-order valence-corrected chi connectivity index (χ0v) is 20.2. The highest BCUT2D eigenvalue weighted by Crippen LogP contribution is 2.47. The second kappa shape index (κ2) is 9.06. The molecular weight excluding hydrogens is 461 g/mol. The number of aromatic nitrogens is 2. The van der Waals surface area contributed by atoms with Crippen molar-refractivity contribution in [1.82, 2.24) is 14.9 Å². The number of ether oxygens (including phenoxy) is 1. The SMILES string of the molecule is C[C@]1(N2CCN(c3cc4cc(NC(=O)[C@@H]5C[C@H]5c5ccccn5)ncc4cc3F)CC2)COC[C@H]1O. The van der Waals surface area contributed by atoms with Crippen molar-refractivity contribution in [1.29, 1.82) is 0 Å². The van der Waals surface area contributed by atoms with Gasteiger partial charge >= 0.3 is 0 Å². The number of pyridine rings is 2. The van der Waals surface area contributed by atoms with Crippen LogP contribution in [-0.2, 0) is 9.53 Å². The third kappa shape index (κ3) is 4.21. The number of nitrogens with one attached hydrogen (secondary N) is 1. The second-order valence-corrected chi connectivity index (χ2v) is 10.3. The summed E-state index contributed by atoms with van der Waals surface area (Å²) in [6.07, 6.45) is 3.61. The highest BCUT2D eigenvalue weighted by atomic mass is 19.1. The molecule has 1 amide bonds. The summed E-state index contributed by atoms with van der Waals surface area (Å²) < 4.78 is 20.5. The van der Waals surface area contributed by atoms with Gasteiger partial charge in [-0.05, 0) is 49.1 Å². The average Bonchev–Trinajstić information content (AvgIpc) is 3.63. The summed E-state index contributed by atoms with van der Waals surface area (Å²) in [5, 5.41) is 14.8. The molecule has 1 aliphatic carbocycles. The van der Waals surface area contributed by atoms with Crippen LogP contribution in [0.2, 0.25) is 0 Å². The molecule has 4 atom stereocenters. The first-order chi connectivity index (χ1) is 17.4. The maximum absolute atomic E-state index is 15.0. The van der Waals surface area contributed by atoms with Gasteiger partial charge < -0.3 is 20.1 Å². The maximum atomic E-state index is 15.0. The number of hydrogen-bond donors (Lipinski definition) is 2. The van der Waals surface area contributed by atoms with Crippen molar-refractivity contribution in [3.8, 4) is 0 Å². The summed E-state index contributed by atoms with van der Waals surface area (Å²) in [5.41, 5.74) is 1.08. The number of amides is 1. The number of anilines is 2. The molecule has 2 aromatic heterocycles. The molecule has 2 aliphatic heterocycles. The standard InChI is InChI=1S/C27H30FN5O3/c1-27(16-36-15-24(27)34)33-8-6-32(7-9-33)23-11-17-12-25(30-14-18(17)10-21(23)28)31-26(35)20-13-19(20)22-4-2-3-5-29-22/h2-5,10-12,14,19-20,24,34H,6-9,13,15-16H2,1H3,(H,30,31,35)/t19-,20-,24-,27+/m1/s1. The molecule has 3 aromatic rings. The van der Waals surface area contributed by atoms with E-state index in [0.29, 0.717) is 56.3 Å². The molecule has 3 aliphatic rings. The number of fused-ring (bicyclic) bond motifs is 1. The van der Waals surface area contributed by atoms with Crippen LogP contribution in [0.1, 0.15) is 25.0 Å². The number of rotatable bonds is 5. The zero-order chi connectivity index (χ0) is 24.9. The molecule has 3 fully saturated rings. The van der Waals surface area contributed by atoms with Crippen molar-refractivity contribution in [2.24, 2.45) is 5.92 Å². The van der Waals surface area contributed by atoms with E-state index in [4.69, 9.17) is 4.74 Å². The lowest BCUT2D eigenvalue weighted by molar-refractivity contribution is -0.117. The Morgan fingerprint density at radius 2 is 2.00 bits per heavy atom. The zero-order valence-electron chi connectivity index (χ0n) is 20.2. The molecule has 2 saturated heterocycles. The first-order valence-electron chi connectivity index (χ1n) is 12.5. The summed E-state index contributed by atoms with van der Waals surface area (Å²) in [5.74, 6) is 0.140. The van der Waals surface area contributed by atoms with Crippen molar-refractivity contribution in [3.63, 3.8) is 0 Å². The van der Waals surface area contributed by atoms with Crippen LogP contribution in [0.5, 0.6) is 0 Å². The van der Waals surface area contributed by atoms with Crippen LogP contribution in [0.15, 0.2) is 48.8 Å². The third-order valence-corrected chi connectivity index (χ3v) is 7.96. The number of carbonyl (C=O) groups is 1. The molecule has 9 heteroatoms. The molecular formula is C27H30FN5O3. The van der Waals surface area contributed by atoms with E-state index in [1.165, 1.54) is 6.07 Å². The van der Waals surface area contributed by atoms with E-state index in [9.17, 15) is 9.90 Å². The minimum Gasteiger partial charge on any atom is -0.389 e. The van der Waals surface area contributed by atoms with Gasteiger partial charge in [0.05, 0.1) is 30.5 Å². The van der Waals surface area contributed by atoms with Crippen LogP contribution < -0.4 is 10.2 Å². The molecule has 6 rings (SSSR count). The third-order valence-electron chi connectivity index (χ3n) is 7.96. The Kier molecular flexibility index (Phi) is 5.86. The highest BCUT2D eigenvalue weighted by molar-refractivity contribution is 5.96. The van der Waals surface area contributed by atoms with Gasteiger partial charge in [0.1, 0.15) is 11.6 Å². The minimum atomic E-state index is -0.516. The molecule has 36 heavy (non-hydrogen) atoms. The van der Waals surface area contributed by atoms with E-state index >= 15 is 4.39 Å². The number of hydrogen-bond acceptors (Lipinski definition) is 7. The summed E-state index contributed by atoms with van der Waals surface area (Å²) in [4.78, 5) is 25.8. The fraction of sp³-hybridized carbons (Fsp3) is 0.444. The lowest BCUT2D eigenvalue weighted by Gasteiger charge is -2.45. The van der Waals surface area contributed by atoms with Gasteiger partial charge in [0.25, 0.3) is 0 Å². The van der Waals surface area contributed by atoms with E-state index < -0.39 is 11.6 Å². The first kappa shape index (κ1) is 23.3. The smallest absolute Gasteiger partial charge is 0.229 e. The highest BCUT2D eigenvalue weighted by Gasteiger charge is 2.45. The molecule has 2 N–H and O–H groups in total. The van der Waals surface area contributed by atoms with Gasteiger partial charge in [0, 0.05) is 61.5 Å². The number of carbonyl (C=O) groups excluding carboxylic acids is 1. The molecule has 0 spiro atoms. The first-order valence-corrected chi connectivity index (χ1v) is 12.5. The molecule has 4 heterocycles. The van der Waals surface area contributed by atoms with Gasteiger partial charge in [-0.25, -0.2) is 9.37 Å². The second-order valence-electron chi connectivity index (χ2n) is 10.3. The molecule has 0 radical (unpaired) electrons. The van der Waals surface area contributed by atoms with Crippen LogP contribution in [0, 0.1) is 11.7 Å². The monoisotopic (exact) mass is 491 g/mol. The fourth-order valence-corrected chi connectivity index (χ4v) is 5.50. The van der Waals surface area contributed by atoms with Crippen LogP contribution in [-0.4, -0.2) is 76.9 Å². The molecule has 0 bridgehead atoms. The summed E-state index contributed by atoms with van der Waals surface area (Å²) in [7, 11) is 0. The van der Waals surface area contributed by atoms with Crippen molar-refractivity contribution in [2.45, 2.75) is 30.9 Å². The Balaban J connectivity index is 1.15. The number of benzene rings is 1. The largest absolute Gasteiger partial charge is 0.389 e. The number of aliphatic hydroxyl groups excluding tert-OH is 1. The number of piperazine rings is 1. The number of aliphatic hydroxyl groups is 1. The van der Waals surface area contributed by atoms with Gasteiger partial charge in [-0.3, -0.25) is 14.7 Å². The van der Waals surface area contributed by atoms with Crippen LogP contribution in [0.4, 0.5) is 15.9 Å².